The highest BCUT2D eigenvalue weighted by Crippen LogP contribution is 2.55. The first-order valence-corrected chi connectivity index (χ1v) is 56.0. The fourth-order valence-corrected chi connectivity index (χ4v) is 22.9. The van der Waals surface area contributed by atoms with Crippen LogP contribution in [0.2, 0.25) is 0 Å². The number of likely N-dealkylation sites (tertiary alicyclic amines) is 1. The Bertz CT molecular complexity index is 5480. The number of nitrogens with zero attached hydrogens (tertiary/aromatic N) is 3. The van der Waals surface area contributed by atoms with E-state index in [2.05, 4.69) is 146 Å². The number of H-pyrrole nitrogens is 2. The van der Waals surface area contributed by atoms with Gasteiger partial charge in [0.2, 0.25) is 17.7 Å². The summed E-state index contributed by atoms with van der Waals surface area (Å²) in [5.74, 6) is -0.349. The second-order valence-corrected chi connectivity index (χ2v) is 45.2. The van der Waals surface area contributed by atoms with Gasteiger partial charge < -0.3 is 89.2 Å². The number of quaternary nitrogens is 1. The number of methoxy groups -OCH3 is 1. The summed E-state index contributed by atoms with van der Waals surface area (Å²) in [4.78, 5) is 111. The second-order valence-electron chi connectivity index (χ2n) is 41.4. The Balaban J connectivity index is 0.000000189. The van der Waals surface area contributed by atoms with Crippen LogP contribution in [0.3, 0.4) is 0 Å². The minimum atomic E-state index is -4.26. The van der Waals surface area contributed by atoms with Crippen LogP contribution < -0.4 is 31.5 Å². The molecule has 4 unspecified atom stereocenters. The second kappa shape index (κ2) is 59.0. The van der Waals surface area contributed by atoms with Gasteiger partial charge >= 0.3 is 0 Å². The average molecular weight is 2170 g/mol. The first-order valence-electron chi connectivity index (χ1n) is 52.3. The Labute approximate surface area is 880 Å². The number of Topliss-reactive ketones (excluding diaryl/α,β-unsaturated/α-hetero) is 2. The van der Waals surface area contributed by atoms with Gasteiger partial charge in [-0.25, -0.2) is 10.5 Å². The third-order valence-electron chi connectivity index (χ3n) is 28.3. The summed E-state index contributed by atoms with van der Waals surface area (Å²) in [7, 11) is 4.87. The molecular weight excluding hydrogens is 2010 g/mol. The first-order chi connectivity index (χ1) is 69.9. The van der Waals surface area contributed by atoms with Gasteiger partial charge in [0, 0.05) is 144 Å². The Morgan fingerprint density at radius 1 is 0.747 bits per heavy atom. The molecule has 3 amide bonds. The molecule has 0 radical (unpaired) electrons. The molecule has 146 heavy (non-hydrogen) atoms. The van der Waals surface area contributed by atoms with Crippen LogP contribution in [-0.4, -0.2) is 237 Å². The van der Waals surface area contributed by atoms with Crippen molar-refractivity contribution in [2.24, 2.45) is 41.2 Å². The number of hydrogen-bond donors (Lipinski definition) is 12. The number of hydroxylamine groups is 1. The van der Waals surface area contributed by atoms with Crippen LogP contribution in [0.5, 0.6) is 17.2 Å². The summed E-state index contributed by atoms with van der Waals surface area (Å²) in [5, 5.41) is 69.0. The van der Waals surface area contributed by atoms with Crippen molar-refractivity contribution in [2.45, 2.75) is 269 Å². The van der Waals surface area contributed by atoms with Gasteiger partial charge in [0.1, 0.15) is 54.4 Å². The highest BCUT2D eigenvalue weighted by molar-refractivity contribution is 14.1. The molecule has 33 heteroatoms. The number of unbranched alkanes of at least 4 members (excludes halogenated alkanes) is 13. The van der Waals surface area contributed by atoms with Crippen molar-refractivity contribution in [3.05, 3.63) is 212 Å². The number of aromatic nitrogens is 3. The number of aromatic amines is 2. The van der Waals surface area contributed by atoms with E-state index in [0.29, 0.717) is 42.2 Å². The van der Waals surface area contributed by atoms with Gasteiger partial charge in [0.25, 0.3) is 7.82 Å². The molecule has 8 aliphatic rings. The number of para-hydroxylation sites is 1. The molecule has 4 bridgehead atoms. The number of amides is 3. The van der Waals surface area contributed by atoms with Gasteiger partial charge in [0.05, 0.1) is 75.7 Å². The molecule has 6 aliphatic carbocycles. The largest absolute Gasteiger partial charge is 0.756 e. The number of benzene rings is 6. The summed E-state index contributed by atoms with van der Waals surface area (Å²) in [5.41, 5.74) is 12.8. The molecule has 4 heterocycles. The lowest BCUT2D eigenvalue weighted by atomic mass is 9.54. The molecule has 8 aromatic rings. The topological polar surface area (TPSA) is 446 Å². The number of aliphatic hydroxyl groups excluding tert-OH is 1. The van der Waals surface area contributed by atoms with Gasteiger partial charge in [-0.15, -0.1) is 0 Å². The monoisotopic (exact) mass is 2170 g/mol. The zero-order valence-corrected chi connectivity index (χ0v) is 91.1. The number of allylic oxidation sites excluding steroid dienone is 1. The first kappa shape index (κ1) is 119. The minimum Gasteiger partial charge on any atom is -0.756 e. The summed E-state index contributed by atoms with van der Waals surface area (Å²) in [6, 6.07) is 40.6. The highest BCUT2D eigenvalue weighted by atomic mass is 127. The smallest absolute Gasteiger partial charge is 0.268 e. The zero-order valence-electron chi connectivity index (χ0n) is 87.2. The minimum absolute atomic E-state index is 0.00588. The Kier molecular flexibility index (Phi) is 48.1. The maximum Gasteiger partial charge on any atom is 0.268 e. The number of fused-ring (bicyclic) bond motifs is 4. The predicted molar refractivity (Wildman–Crippen MR) is 576 cm³/mol. The number of imidazole rings is 1. The maximum atomic E-state index is 13.3. The normalized spacial score (nSPS) is 21.8. The number of ether oxygens (including phenoxy) is 4. The van der Waals surface area contributed by atoms with E-state index in [1.807, 2.05) is 77.2 Å². The number of carbonyl (C=O) groups excluding carboxylic acids is 7. The average Bonchev–Trinajstić information content (AvgIpc) is 0.748. The number of nitrogens with one attached hydrogen (secondary N) is 5. The molecule has 12 atom stereocenters. The number of carbonyl (C=O) groups is 7. The van der Waals surface area contributed by atoms with Crippen LogP contribution in [0.15, 0.2) is 152 Å². The van der Waals surface area contributed by atoms with E-state index in [0.717, 1.165) is 85.4 Å². The van der Waals surface area contributed by atoms with Crippen LogP contribution in [0.1, 0.15) is 280 Å². The van der Waals surface area contributed by atoms with Crippen molar-refractivity contribution in [3.8, 4) is 17.2 Å². The van der Waals surface area contributed by atoms with E-state index in [1.165, 1.54) is 173 Å². The summed E-state index contributed by atoms with van der Waals surface area (Å²) < 4.78 is 47.0. The lowest BCUT2D eigenvalue weighted by molar-refractivity contribution is -0.870. The number of thioether (sulfide) groups is 1. The molecule has 6 fully saturated rings. The summed E-state index contributed by atoms with van der Waals surface area (Å²) in [6.07, 6.45) is 30.6. The molecule has 16 rings (SSSR count). The molecule has 30 nitrogen and oxygen atoms in total. The van der Waals surface area contributed by atoms with Crippen LogP contribution in [0.4, 0.5) is 0 Å². The maximum absolute atomic E-state index is 13.3. The van der Waals surface area contributed by atoms with Gasteiger partial charge in [0.15, 0.2) is 23.6 Å². The number of phenolic OH excluding ortho intramolecular Hbond substituents is 2. The third-order valence-corrected chi connectivity index (χ3v) is 31.3. The molecule has 0 spiro atoms. The lowest BCUT2D eigenvalue weighted by Crippen LogP contribution is -2.54. The summed E-state index contributed by atoms with van der Waals surface area (Å²) in [6.45, 7) is 16.7. The Morgan fingerprint density at radius 3 is 1.89 bits per heavy atom. The number of ketones is 4. The lowest BCUT2D eigenvalue weighted by Gasteiger charge is -2.53. The Hall–Kier alpha value is -8.91. The molecule has 2 aliphatic heterocycles. The third kappa shape index (κ3) is 35.9. The number of likely N-dealkylation sites (N-methyl/N-ethyl adjacent to an activating group) is 2. The van der Waals surface area contributed by atoms with Gasteiger partial charge in [-0.3, -0.25) is 48.2 Å². The van der Waals surface area contributed by atoms with Crippen LogP contribution >= 0.6 is 42.2 Å². The van der Waals surface area contributed by atoms with E-state index >= 15 is 0 Å². The van der Waals surface area contributed by atoms with E-state index in [4.69, 9.17) is 38.9 Å². The number of phosphoric ester groups is 1. The zero-order chi connectivity index (χ0) is 106. The van der Waals surface area contributed by atoms with Gasteiger partial charge in [-0.05, 0) is 195 Å². The van der Waals surface area contributed by atoms with Crippen LogP contribution in [-0.2, 0) is 64.6 Å². The van der Waals surface area contributed by atoms with Crippen molar-refractivity contribution < 1.29 is 106 Å². The number of hydrogen-bond acceptors (Lipinski definition) is 25. The molecule has 6 aromatic carbocycles. The van der Waals surface area contributed by atoms with Crippen molar-refractivity contribution in [3.63, 3.8) is 0 Å². The molecule has 4 saturated carbocycles. The molecule has 13 N–H and O–H groups in total. The Morgan fingerprint density at radius 2 is 1.34 bits per heavy atom. The number of rotatable bonds is 46. The highest BCUT2D eigenvalue weighted by Gasteiger charge is 2.55. The fourth-order valence-electron chi connectivity index (χ4n) is 20.7. The predicted octanol–water partition coefficient (Wildman–Crippen LogP) is 17.9. The SMILES string of the molecule is CC(=O)[C@]1(O)Cc2c(O)c3c(c(O)c2[C@@H](O[C@H]2C[C@H](N)[C@H](O)[C@H](C)O2)C1)C(=O)c1ccccc1C3=O.CC/C(=C(\c1ccc(I)cc1)c1ccc(OCCN2CCCC2)cc1)c1ccccc1.CCCCCCCCCCCCCCCCSCC(COC)COP(=O)([O-])OCC[N+](C)(C)C.CNC(=O)[C@H](Cc1c[nH]c2ccccc12)NC(=O)[C@@H](CC(=O)NO)CC(C)C.O=C1C2CC3CC1CC(O)(C3)C2.c1c[nH]cn1. The van der Waals surface area contributed by atoms with Crippen LogP contribution in [0.25, 0.3) is 22.0 Å². The molecular formula is C113H159IN9O21PS. The number of phenols is 2. The van der Waals surface area contributed by atoms with Crippen molar-refractivity contribution in [1.82, 2.24) is 36.0 Å². The molecule has 2 saturated heterocycles. The molecule has 800 valence electrons. The fraction of sp³-hybridized carbons (Fsp3) is 0.558. The summed E-state index contributed by atoms with van der Waals surface area (Å²) >= 11 is 4.23. The number of nitrogens with two attached hydrogens (primary N) is 1. The number of halogens is 1. The van der Waals surface area contributed by atoms with E-state index in [9.17, 15) is 68.6 Å². The van der Waals surface area contributed by atoms with Crippen molar-refractivity contribution in [1.29, 1.82) is 0 Å². The quantitative estimate of drug-likeness (QED) is 0.00246. The van der Waals surface area contributed by atoms with E-state index in [1.54, 1.807) is 50.4 Å². The number of aromatic hydroxyl groups is 2. The number of phosphoric acid groups is 1. The van der Waals surface area contributed by atoms with Crippen molar-refractivity contribution in [2.75, 3.05) is 99.4 Å². The van der Waals surface area contributed by atoms with E-state index < -0.39 is 103 Å². The van der Waals surface area contributed by atoms with Gasteiger partial charge in [-0.1, -0.05) is 208 Å². The molecule has 2 aromatic heterocycles. The van der Waals surface area contributed by atoms with Crippen LogP contribution in [0, 0.1) is 39.1 Å². The number of aliphatic hydroxyl groups is 3. The van der Waals surface area contributed by atoms with Gasteiger partial charge in [-0.2, -0.15) is 11.8 Å². The van der Waals surface area contributed by atoms with Crippen molar-refractivity contribution >= 4 is 105 Å². The van der Waals surface area contributed by atoms with E-state index in [-0.39, 0.29) is 101 Å². The standard InChI is InChI=1S/C28H30INO.C26H27NO9.C26H56NO5PS.C20H28N4O4.C10H14O2.C3H4N2/c1-2-27(22-8-4-3-5-9-22)28(23-10-14-25(29)15-11-23)24-12-16-26(17-13-24)31-21-20-30-18-6-7-19-30;1-10-21(29)15(27)7-17(35-10)36-16-9-26(34,11(2)28)8-14-18(16)25(33)20-19(24(14)32)22(30)12-5-3-4-6-13(12)23(20)31;1-6-7-8-9-10-11-12-13-14-15-16-17-18-19-22-34-25-26(23-30-5)24-32-33(28,29)31-21-20-27(2,3)4;1-12(2)8-13(10-18(25)24-28)19(26)23-17(20(27)21-3)9-14-11-22-16-7-5-4-6-15(14)16;11-9-7-1-6-2-8(9)5-10(12,3-6)4-7;1-2-5-3-4-1/h3-5,8-17H,2,6-7,18-21H2,1H3;3-6,10,15-17,21,29,32-34H,7-9,27H2,1-2H3;26H,6-25H2,1-5H3;4-7,11-13,17,22,28H,8-10H2,1-3H3,(H,21,27)(H,23,26)(H,24,25);6-8,12H,1-5H2;1-3H,(H,4,5)/b28-27-;;;;;/t;10-,15-,16-,17-,21+,26-;;13-,17+;;/m.0.1../s1.